The summed E-state index contributed by atoms with van der Waals surface area (Å²) in [5.41, 5.74) is 3.37. The van der Waals surface area contributed by atoms with E-state index in [0.717, 1.165) is 32.4 Å². The third kappa shape index (κ3) is 6.71. The quantitative estimate of drug-likeness (QED) is 0.419. The molecule has 2 N–H and O–H groups in total. The first kappa shape index (κ1) is 30.0. The highest BCUT2D eigenvalue weighted by atomic mass is 16.5. The smallest absolute Gasteiger partial charge is 0.319 e. The molecular weight excluding hydrogens is 560 g/mol. The molecule has 2 amide bonds. The maximum absolute atomic E-state index is 13.7. The van der Waals surface area contributed by atoms with E-state index < -0.39 is 6.10 Å². The van der Waals surface area contributed by atoms with Gasteiger partial charge in [0.1, 0.15) is 17.2 Å². The van der Waals surface area contributed by atoms with Crippen LogP contribution in [0.15, 0.2) is 42.6 Å². The van der Waals surface area contributed by atoms with E-state index in [4.69, 9.17) is 4.74 Å². The highest BCUT2D eigenvalue weighted by Crippen LogP contribution is 2.27. The lowest BCUT2D eigenvalue weighted by Gasteiger charge is -2.43. The second-order valence-electron chi connectivity index (χ2n) is 12.3. The molecule has 0 saturated carbocycles. The number of piperidine rings is 2. The molecule has 3 aliphatic rings. The maximum Gasteiger partial charge on any atom is 0.319 e. The predicted octanol–water partition coefficient (Wildman–Crippen LogP) is 2.35. The fraction of sp³-hybridized carbons (Fsp3) is 0.531. The van der Waals surface area contributed by atoms with Crippen molar-refractivity contribution in [3.05, 3.63) is 65.1 Å². The van der Waals surface area contributed by atoms with Crippen LogP contribution in [0.25, 0.3) is 0 Å². The Kier molecular flexibility index (Phi) is 8.81. The molecule has 1 aromatic carbocycles. The zero-order valence-corrected chi connectivity index (χ0v) is 25.7. The Morgan fingerprint density at radius 1 is 0.955 bits per heavy atom. The first-order chi connectivity index (χ1) is 21.2. The molecule has 6 rings (SSSR count). The molecule has 3 aromatic rings. The number of rotatable bonds is 7. The molecular formula is C32H42N8O4. The molecule has 2 saturated heterocycles. The van der Waals surface area contributed by atoms with Crippen LogP contribution in [-0.2, 0) is 20.0 Å². The van der Waals surface area contributed by atoms with Crippen molar-refractivity contribution in [3.8, 4) is 6.01 Å². The number of nitrogens with zero attached hydrogens (tertiary/aromatic N) is 7. The third-order valence-corrected chi connectivity index (χ3v) is 8.80. The van der Waals surface area contributed by atoms with Gasteiger partial charge in [-0.05, 0) is 56.7 Å². The van der Waals surface area contributed by atoms with Gasteiger partial charge in [-0.1, -0.05) is 24.3 Å². The van der Waals surface area contributed by atoms with Gasteiger partial charge in [0, 0.05) is 70.7 Å². The molecule has 12 heteroatoms. The monoisotopic (exact) mass is 602 g/mol. The number of carbonyl (C=O) groups excluding carboxylic acids is 2. The summed E-state index contributed by atoms with van der Waals surface area (Å²) in [5.74, 6) is 0.194. The van der Waals surface area contributed by atoms with Gasteiger partial charge in [0.2, 0.25) is 0 Å². The minimum atomic E-state index is -0.650. The number of β-amino-alcohol motifs (C(OH)–C–C–N with tert-alkyl or cyclic N) is 1. The van der Waals surface area contributed by atoms with Gasteiger partial charge < -0.3 is 25.0 Å². The highest BCUT2D eigenvalue weighted by Gasteiger charge is 2.36. The lowest BCUT2D eigenvalue weighted by molar-refractivity contribution is -0.0139. The van der Waals surface area contributed by atoms with Crippen molar-refractivity contribution in [1.29, 1.82) is 0 Å². The van der Waals surface area contributed by atoms with E-state index in [-0.39, 0.29) is 48.3 Å². The number of hydrogen-bond acceptors (Lipinski definition) is 9. The summed E-state index contributed by atoms with van der Waals surface area (Å²) in [5, 5.41) is 18.9. The molecule has 0 aliphatic carbocycles. The molecule has 5 heterocycles. The molecule has 234 valence electrons. The largest absolute Gasteiger partial charge is 0.461 e. The molecule has 0 unspecified atom stereocenters. The van der Waals surface area contributed by atoms with Gasteiger partial charge >= 0.3 is 6.01 Å². The molecule has 0 radical (unpaired) electrons. The summed E-state index contributed by atoms with van der Waals surface area (Å²) in [6.45, 7) is 7.47. The van der Waals surface area contributed by atoms with Gasteiger partial charge in [-0.2, -0.15) is 15.1 Å². The van der Waals surface area contributed by atoms with E-state index in [0.29, 0.717) is 37.6 Å². The second-order valence-corrected chi connectivity index (χ2v) is 12.3. The van der Waals surface area contributed by atoms with Gasteiger partial charge in [-0.15, -0.1) is 0 Å². The lowest BCUT2D eigenvalue weighted by Crippen LogP contribution is -2.56. The second kappa shape index (κ2) is 12.9. The van der Waals surface area contributed by atoms with E-state index >= 15 is 0 Å². The standard InChI is InChI=1S/C32H42N8O4/c1-21(2)44-32-34-26(18-29(35-32)33-24-9-15-38(16-10-24)30(42)25-11-13-37(3)36-25)31(43)40-17-12-27(28(41)20-40)39-14-8-22-6-4-5-7-23(22)19-39/h4-7,11,13,18,21,24,27-28,41H,8-10,12,14-17,19-20H2,1-3H3,(H,33,34,35)/t27-,28-/m1/s1. The Hall–Kier alpha value is -4.03. The minimum absolute atomic E-state index is 0.00490. The Bertz CT molecular complexity index is 1480. The number of aliphatic hydroxyl groups excluding tert-OH is 1. The van der Waals surface area contributed by atoms with Gasteiger partial charge in [0.15, 0.2) is 0 Å². The van der Waals surface area contributed by atoms with Gasteiger partial charge in [0.25, 0.3) is 11.8 Å². The number of likely N-dealkylation sites (tertiary alicyclic amines) is 2. The molecule has 0 bridgehead atoms. The summed E-state index contributed by atoms with van der Waals surface area (Å²) in [6, 6.07) is 12.1. The Morgan fingerprint density at radius 2 is 1.68 bits per heavy atom. The van der Waals surface area contributed by atoms with Crippen LogP contribution >= 0.6 is 0 Å². The zero-order chi connectivity index (χ0) is 30.8. The van der Waals surface area contributed by atoms with Crippen LogP contribution in [0.3, 0.4) is 0 Å². The number of hydrogen-bond donors (Lipinski definition) is 2. The number of fused-ring (bicyclic) bond motifs is 1. The van der Waals surface area contributed by atoms with Crippen molar-refractivity contribution < 1.29 is 19.4 Å². The molecule has 2 fully saturated rings. The number of amides is 2. The van der Waals surface area contributed by atoms with Crippen molar-refractivity contribution in [2.45, 2.75) is 70.4 Å². The maximum atomic E-state index is 13.7. The predicted molar refractivity (Wildman–Crippen MR) is 164 cm³/mol. The first-order valence-corrected chi connectivity index (χ1v) is 15.6. The molecule has 0 spiro atoms. The number of carbonyl (C=O) groups is 2. The van der Waals surface area contributed by atoms with Gasteiger partial charge in [-0.25, -0.2) is 0 Å². The van der Waals surface area contributed by atoms with Crippen molar-refractivity contribution >= 4 is 17.6 Å². The van der Waals surface area contributed by atoms with Crippen molar-refractivity contribution in [2.75, 3.05) is 38.0 Å². The Morgan fingerprint density at radius 3 is 2.39 bits per heavy atom. The van der Waals surface area contributed by atoms with Crippen LogP contribution in [0.5, 0.6) is 6.01 Å². The summed E-state index contributed by atoms with van der Waals surface area (Å²) < 4.78 is 7.45. The molecule has 12 nitrogen and oxygen atoms in total. The summed E-state index contributed by atoms with van der Waals surface area (Å²) in [4.78, 5) is 41.4. The van der Waals surface area contributed by atoms with Gasteiger partial charge in [0.05, 0.1) is 12.2 Å². The van der Waals surface area contributed by atoms with Crippen LogP contribution in [0.2, 0.25) is 0 Å². The van der Waals surface area contributed by atoms with E-state index in [9.17, 15) is 14.7 Å². The minimum Gasteiger partial charge on any atom is -0.461 e. The zero-order valence-electron chi connectivity index (χ0n) is 25.7. The molecule has 2 aromatic heterocycles. The van der Waals surface area contributed by atoms with E-state index in [1.807, 2.05) is 18.7 Å². The number of nitrogens with one attached hydrogen (secondary N) is 1. The SMILES string of the molecule is CC(C)Oc1nc(NC2CCN(C(=O)c3ccn(C)n3)CC2)cc(C(=O)N2CC[C@@H](N3CCc4ccccc4C3)[C@H](O)C2)n1. The normalized spacial score (nSPS) is 21.3. The average molecular weight is 603 g/mol. The van der Waals surface area contributed by atoms with Crippen molar-refractivity contribution in [2.24, 2.45) is 7.05 Å². The number of benzene rings is 1. The highest BCUT2D eigenvalue weighted by molar-refractivity contribution is 5.93. The fourth-order valence-corrected chi connectivity index (χ4v) is 6.49. The summed E-state index contributed by atoms with van der Waals surface area (Å²) in [7, 11) is 1.80. The lowest BCUT2D eigenvalue weighted by atomic mass is 9.94. The number of anilines is 1. The van der Waals surface area contributed by atoms with Gasteiger partial charge in [-0.3, -0.25) is 19.2 Å². The number of aryl methyl sites for hydroxylation is 1. The van der Waals surface area contributed by atoms with Crippen LogP contribution in [0.4, 0.5) is 5.82 Å². The van der Waals surface area contributed by atoms with E-state index in [2.05, 4.69) is 49.5 Å². The van der Waals surface area contributed by atoms with Crippen LogP contribution < -0.4 is 10.1 Å². The van der Waals surface area contributed by atoms with Crippen LogP contribution in [0, 0.1) is 0 Å². The topological polar surface area (TPSA) is 129 Å². The number of ether oxygens (including phenoxy) is 1. The molecule has 2 atom stereocenters. The molecule has 44 heavy (non-hydrogen) atoms. The summed E-state index contributed by atoms with van der Waals surface area (Å²) >= 11 is 0. The Labute approximate surface area is 258 Å². The van der Waals surface area contributed by atoms with Crippen LogP contribution in [0.1, 0.15) is 65.2 Å². The van der Waals surface area contributed by atoms with E-state index in [1.165, 1.54) is 11.1 Å². The van der Waals surface area contributed by atoms with Crippen LogP contribution in [-0.4, -0.2) is 108 Å². The van der Waals surface area contributed by atoms with Crippen molar-refractivity contribution in [1.82, 2.24) is 34.4 Å². The molecule has 3 aliphatic heterocycles. The number of aromatic nitrogens is 4. The van der Waals surface area contributed by atoms with E-state index in [1.54, 1.807) is 35.0 Å². The Balaban J connectivity index is 1.09. The fourth-order valence-electron chi connectivity index (χ4n) is 6.49. The average Bonchev–Trinajstić information content (AvgIpc) is 3.46. The number of aliphatic hydroxyl groups is 1. The van der Waals surface area contributed by atoms with Crippen molar-refractivity contribution in [3.63, 3.8) is 0 Å². The summed E-state index contributed by atoms with van der Waals surface area (Å²) in [6.07, 6.45) is 4.07. The first-order valence-electron chi connectivity index (χ1n) is 15.6. The third-order valence-electron chi connectivity index (χ3n) is 8.80.